The lowest BCUT2D eigenvalue weighted by Crippen LogP contribution is -2.25. The average molecular weight is 254 g/mol. The maximum atomic E-state index is 8.92. The standard InChI is InChI=1S/C17H22N2/c1-13-6-5-9-17(2,3)16(13)12-19-15-8-4-7-14(10-15)11-18/h4,7-8,10,19H,5-6,9,12H2,1-3H3. The minimum atomic E-state index is 0.294. The second kappa shape index (κ2) is 5.48. The van der Waals surface area contributed by atoms with Crippen molar-refractivity contribution in [1.29, 1.82) is 5.26 Å². The van der Waals surface area contributed by atoms with Gasteiger partial charge in [-0.3, -0.25) is 0 Å². The zero-order valence-corrected chi connectivity index (χ0v) is 12.1. The van der Waals surface area contributed by atoms with Crippen LogP contribution in [0.5, 0.6) is 0 Å². The molecule has 0 saturated heterocycles. The number of nitrogens with one attached hydrogen (secondary N) is 1. The molecule has 0 atom stereocenters. The maximum absolute atomic E-state index is 8.92. The third-order valence-electron chi connectivity index (χ3n) is 4.15. The van der Waals surface area contributed by atoms with Crippen LogP contribution in [0.1, 0.15) is 45.6 Å². The van der Waals surface area contributed by atoms with Crippen LogP contribution >= 0.6 is 0 Å². The van der Waals surface area contributed by atoms with Crippen molar-refractivity contribution in [3.63, 3.8) is 0 Å². The van der Waals surface area contributed by atoms with E-state index in [1.165, 1.54) is 30.4 Å². The monoisotopic (exact) mass is 254 g/mol. The molecular formula is C17H22N2. The fourth-order valence-corrected chi connectivity index (χ4v) is 2.95. The quantitative estimate of drug-likeness (QED) is 0.806. The molecule has 2 heteroatoms. The van der Waals surface area contributed by atoms with Crippen molar-refractivity contribution in [3.05, 3.63) is 41.0 Å². The van der Waals surface area contributed by atoms with Gasteiger partial charge in [0.25, 0.3) is 0 Å². The number of benzene rings is 1. The van der Waals surface area contributed by atoms with E-state index in [1.54, 1.807) is 0 Å². The maximum Gasteiger partial charge on any atom is 0.0992 e. The molecule has 1 aliphatic carbocycles. The van der Waals surface area contributed by atoms with Gasteiger partial charge in [0.1, 0.15) is 0 Å². The zero-order valence-electron chi connectivity index (χ0n) is 12.1. The molecule has 0 fully saturated rings. The molecule has 0 saturated carbocycles. The first-order valence-corrected chi connectivity index (χ1v) is 6.96. The lowest BCUT2D eigenvalue weighted by Gasteiger charge is -2.35. The van der Waals surface area contributed by atoms with Gasteiger partial charge in [0.15, 0.2) is 0 Å². The molecule has 19 heavy (non-hydrogen) atoms. The van der Waals surface area contributed by atoms with Crippen molar-refractivity contribution in [2.45, 2.75) is 40.0 Å². The van der Waals surface area contributed by atoms with Crippen LogP contribution in [0.15, 0.2) is 35.4 Å². The number of allylic oxidation sites excluding steroid dienone is 1. The molecule has 0 bridgehead atoms. The van der Waals surface area contributed by atoms with E-state index < -0.39 is 0 Å². The first-order chi connectivity index (χ1) is 9.03. The minimum Gasteiger partial charge on any atom is -0.381 e. The molecule has 1 aliphatic rings. The Bertz CT molecular complexity index is 532. The summed E-state index contributed by atoms with van der Waals surface area (Å²) >= 11 is 0. The van der Waals surface area contributed by atoms with Gasteiger partial charge in [-0.15, -0.1) is 0 Å². The Morgan fingerprint density at radius 3 is 2.84 bits per heavy atom. The van der Waals surface area contributed by atoms with Crippen molar-refractivity contribution in [1.82, 2.24) is 0 Å². The molecule has 0 aliphatic heterocycles. The Kier molecular flexibility index (Phi) is 3.95. The average Bonchev–Trinajstić information content (AvgIpc) is 2.37. The second-order valence-electron chi connectivity index (χ2n) is 6.04. The van der Waals surface area contributed by atoms with Gasteiger partial charge in [-0.2, -0.15) is 5.26 Å². The fourth-order valence-electron chi connectivity index (χ4n) is 2.95. The van der Waals surface area contributed by atoms with Crippen molar-refractivity contribution < 1.29 is 0 Å². The van der Waals surface area contributed by atoms with Crippen LogP contribution in [-0.4, -0.2) is 6.54 Å². The predicted molar refractivity (Wildman–Crippen MR) is 80.0 cm³/mol. The van der Waals surface area contributed by atoms with Gasteiger partial charge >= 0.3 is 0 Å². The predicted octanol–water partition coefficient (Wildman–Crippen LogP) is 4.50. The van der Waals surface area contributed by atoms with Crippen LogP contribution in [-0.2, 0) is 0 Å². The Morgan fingerprint density at radius 2 is 2.16 bits per heavy atom. The largest absolute Gasteiger partial charge is 0.381 e. The lowest BCUT2D eigenvalue weighted by molar-refractivity contribution is 0.364. The highest BCUT2D eigenvalue weighted by molar-refractivity contribution is 5.50. The van der Waals surface area contributed by atoms with Crippen LogP contribution in [0.25, 0.3) is 0 Å². The van der Waals surface area contributed by atoms with Crippen LogP contribution in [0.2, 0.25) is 0 Å². The lowest BCUT2D eigenvalue weighted by atomic mass is 9.73. The van der Waals surface area contributed by atoms with E-state index in [2.05, 4.69) is 32.2 Å². The molecule has 0 radical (unpaired) electrons. The third-order valence-corrected chi connectivity index (χ3v) is 4.15. The van der Waals surface area contributed by atoms with Crippen molar-refractivity contribution in [2.24, 2.45) is 5.41 Å². The Hall–Kier alpha value is -1.75. The van der Waals surface area contributed by atoms with Gasteiger partial charge in [-0.25, -0.2) is 0 Å². The molecule has 2 nitrogen and oxygen atoms in total. The number of rotatable bonds is 3. The summed E-state index contributed by atoms with van der Waals surface area (Å²) in [6.45, 7) is 7.80. The summed E-state index contributed by atoms with van der Waals surface area (Å²) in [4.78, 5) is 0. The van der Waals surface area contributed by atoms with Gasteiger partial charge in [0.05, 0.1) is 11.6 Å². The van der Waals surface area contributed by atoms with E-state index >= 15 is 0 Å². The number of nitriles is 1. The number of anilines is 1. The van der Waals surface area contributed by atoms with Gasteiger partial charge in [-0.1, -0.05) is 25.5 Å². The molecule has 0 amide bonds. The Balaban J connectivity index is 2.11. The Morgan fingerprint density at radius 1 is 1.37 bits per heavy atom. The number of hydrogen-bond acceptors (Lipinski definition) is 2. The highest BCUT2D eigenvalue weighted by atomic mass is 14.9. The van der Waals surface area contributed by atoms with Crippen molar-refractivity contribution in [3.8, 4) is 6.07 Å². The molecule has 2 rings (SSSR count). The van der Waals surface area contributed by atoms with Crippen LogP contribution < -0.4 is 5.32 Å². The van der Waals surface area contributed by atoms with E-state index in [4.69, 9.17) is 5.26 Å². The summed E-state index contributed by atoms with van der Waals surface area (Å²) in [6.07, 6.45) is 3.78. The molecule has 0 unspecified atom stereocenters. The molecular weight excluding hydrogens is 232 g/mol. The SMILES string of the molecule is CC1=C(CNc2cccc(C#N)c2)C(C)(C)CCC1. The van der Waals surface area contributed by atoms with Crippen LogP contribution in [0.4, 0.5) is 5.69 Å². The molecule has 0 heterocycles. The Labute approximate surface area is 116 Å². The van der Waals surface area contributed by atoms with Crippen molar-refractivity contribution >= 4 is 5.69 Å². The molecule has 0 aromatic heterocycles. The number of hydrogen-bond donors (Lipinski definition) is 1. The summed E-state index contributed by atoms with van der Waals surface area (Å²) in [5, 5.41) is 12.4. The van der Waals surface area contributed by atoms with E-state index in [1.807, 2.05) is 24.3 Å². The smallest absolute Gasteiger partial charge is 0.0992 e. The summed E-state index contributed by atoms with van der Waals surface area (Å²) < 4.78 is 0. The summed E-state index contributed by atoms with van der Waals surface area (Å²) in [5.74, 6) is 0. The second-order valence-corrected chi connectivity index (χ2v) is 6.04. The molecule has 1 aromatic rings. The van der Waals surface area contributed by atoms with Gasteiger partial charge < -0.3 is 5.32 Å². The summed E-state index contributed by atoms with van der Waals surface area (Å²) in [5.41, 5.74) is 5.09. The van der Waals surface area contributed by atoms with Gasteiger partial charge in [0.2, 0.25) is 0 Å². The van der Waals surface area contributed by atoms with Crippen molar-refractivity contribution in [2.75, 3.05) is 11.9 Å². The van der Waals surface area contributed by atoms with E-state index in [0.717, 1.165) is 12.2 Å². The fraction of sp³-hybridized carbons (Fsp3) is 0.471. The first kappa shape index (κ1) is 13.7. The third kappa shape index (κ3) is 3.17. The summed E-state index contributed by atoms with van der Waals surface area (Å²) in [7, 11) is 0. The topological polar surface area (TPSA) is 35.8 Å². The van der Waals surface area contributed by atoms with Gasteiger partial charge in [0, 0.05) is 12.2 Å². The molecule has 0 spiro atoms. The normalized spacial score (nSPS) is 18.0. The highest BCUT2D eigenvalue weighted by Gasteiger charge is 2.27. The molecule has 1 N–H and O–H groups in total. The van der Waals surface area contributed by atoms with Crippen LogP contribution in [0, 0.1) is 16.7 Å². The van der Waals surface area contributed by atoms with E-state index in [0.29, 0.717) is 11.0 Å². The van der Waals surface area contributed by atoms with Gasteiger partial charge in [-0.05, 0) is 55.4 Å². The van der Waals surface area contributed by atoms with E-state index in [-0.39, 0.29) is 0 Å². The highest BCUT2D eigenvalue weighted by Crippen LogP contribution is 2.39. The molecule has 1 aromatic carbocycles. The van der Waals surface area contributed by atoms with E-state index in [9.17, 15) is 0 Å². The minimum absolute atomic E-state index is 0.294. The molecule has 100 valence electrons. The van der Waals surface area contributed by atoms with Crippen LogP contribution in [0.3, 0.4) is 0 Å². The zero-order chi connectivity index (χ0) is 13.9. The first-order valence-electron chi connectivity index (χ1n) is 6.96. The summed E-state index contributed by atoms with van der Waals surface area (Å²) in [6, 6.07) is 9.87. The number of nitrogens with zero attached hydrogens (tertiary/aromatic N) is 1.